The van der Waals surface area contributed by atoms with Gasteiger partial charge >= 0.3 is 29.6 Å². The quantitative estimate of drug-likeness (QED) is 0.283. The van der Waals surface area contributed by atoms with Crippen LogP contribution >= 0.6 is 0 Å². The Morgan fingerprint density at radius 1 is 1.67 bits per heavy atom. The van der Waals surface area contributed by atoms with E-state index in [9.17, 15) is 4.79 Å². The van der Waals surface area contributed by atoms with E-state index in [1.54, 1.807) is 6.29 Å². The molecule has 0 aromatic heterocycles. The number of hydrogen-bond donors (Lipinski definition) is 0. The standard InChI is InChI=1S/C4H7O.Na/c1-2-3-4-5;/h2-3H2,1H3;/q-1;+1. The molecule has 0 aliphatic heterocycles. The molecule has 0 atom stereocenters. The molecule has 0 rings (SSSR count). The zero-order valence-corrected chi connectivity index (χ0v) is 6.32. The molecule has 0 heterocycles. The van der Waals surface area contributed by atoms with E-state index in [-0.39, 0.29) is 29.6 Å². The first-order chi connectivity index (χ1) is 2.41. The molecule has 1 nitrogen and oxygen atoms in total. The van der Waals surface area contributed by atoms with E-state index in [2.05, 4.69) is 0 Å². The number of rotatable bonds is 2. The third-order valence-electron chi connectivity index (χ3n) is 0.352. The summed E-state index contributed by atoms with van der Waals surface area (Å²) in [6.45, 7) is 1.95. The van der Waals surface area contributed by atoms with Crippen molar-refractivity contribution >= 4 is 6.29 Å². The van der Waals surface area contributed by atoms with Gasteiger partial charge in [-0.25, -0.2) is 0 Å². The Morgan fingerprint density at radius 3 is 2.17 bits per heavy atom. The zero-order valence-electron chi connectivity index (χ0n) is 4.32. The van der Waals surface area contributed by atoms with Crippen LogP contribution in [-0.2, 0) is 4.79 Å². The van der Waals surface area contributed by atoms with Gasteiger partial charge in [-0.15, -0.1) is 0 Å². The molecule has 0 aliphatic carbocycles. The summed E-state index contributed by atoms with van der Waals surface area (Å²) >= 11 is 0. The molecule has 0 radical (unpaired) electrons. The summed E-state index contributed by atoms with van der Waals surface area (Å²) in [5.74, 6) is 0. The predicted octanol–water partition coefficient (Wildman–Crippen LogP) is -2.10. The smallest absolute Gasteiger partial charge is 0.542 e. The molecule has 0 fully saturated rings. The average molecular weight is 94.1 g/mol. The Morgan fingerprint density at radius 2 is 2.17 bits per heavy atom. The van der Waals surface area contributed by atoms with E-state index in [0.29, 0.717) is 6.42 Å². The molecule has 0 N–H and O–H groups in total. The van der Waals surface area contributed by atoms with Gasteiger partial charge in [0.2, 0.25) is 0 Å². The molecule has 6 heavy (non-hydrogen) atoms. The van der Waals surface area contributed by atoms with E-state index in [1.165, 1.54) is 0 Å². The molecule has 0 aromatic rings. The molecule has 0 amide bonds. The van der Waals surface area contributed by atoms with Gasteiger partial charge in [0.05, 0.1) is 0 Å². The van der Waals surface area contributed by atoms with Crippen LogP contribution in [-0.4, -0.2) is 6.29 Å². The molecule has 0 saturated carbocycles. The Labute approximate surface area is 60.4 Å². The molecule has 0 aliphatic rings. The molecule has 0 spiro atoms. The molecule has 0 aromatic carbocycles. The first-order valence-electron chi connectivity index (χ1n) is 1.76. The fraction of sp³-hybridized carbons (Fsp3) is 0.750. The molecule has 0 saturated heterocycles. The summed E-state index contributed by atoms with van der Waals surface area (Å²) in [5.41, 5.74) is 0. The van der Waals surface area contributed by atoms with E-state index >= 15 is 0 Å². The molecule has 0 bridgehead atoms. The van der Waals surface area contributed by atoms with Crippen LogP contribution in [0.25, 0.3) is 0 Å². The van der Waals surface area contributed by atoms with Crippen molar-refractivity contribution in [2.45, 2.75) is 19.8 Å². The van der Waals surface area contributed by atoms with Crippen LogP contribution < -0.4 is 29.6 Å². The van der Waals surface area contributed by atoms with Gasteiger partial charge in [-0.05, 0) is 0 Å². The molecular weight excluding hydrogens is 87.0 g/mol. The van der Waals surface area contributed by atoms with Gasteiger partial charge in [-0.3, -0.25) is 6.29 Å². The van der Waals surface area contributed by atoms with Gasteiger partial charge in [-0.1, -0.05) is 13.3 Å². The second-order valence-electron chi connectivity index (χ2n) is 0.894. The molecule has 30 valence electrons. The van der Waals surface area contributed by atoms with Gasteiger partial charge in [0.1, 0.15) is 0 Å². The van der Waals surface area contributed by atoms with Crippen LogP contribution in [0.3, 0.4) is 0 Å². The van der Waals surface area contributed by atoms with Crippen LogP contribution in [0.15, 0.2) is 0 Å². The number of carbonyl (C=O) groups excluding carboxylic acids is 1. The summed E-state index contributed by atoms with van der Waals surface area (Å²) in [6, 6.07) is 0. The van der Waals surface area contributed by atoms with Crippen molar-refractivity contribution in [3.05, 3.63) is 0 Å². The molecule has 2 heteroatoms. The topological polar surface area (TPSA) is 17.1 Å². The monoisotopic (exact) mass is 94.0 g/mol. The maximum Gasteiger partial charge on any atom is 1.00 e. The first-order valence-corrected chi connectivity index (χ1v) is 1.76. The van der Waals surface area contributed by atoms with Gasteiger partial charge in [0.15, 0.2) is 0 Å². The van der Waals surface area contributed by atoms with Crippen molar-refractivity contribution in [1.82, 2.24) is 0 Å². The van der Waals surface area contributed by atoms with Crippen LogP contribution in [0.2, 0.25) is 0 Å². The summed E-state index contributed by atoms with van der Waals surface area (Å²) in [4.78, 5) is 9.28. The SMILES string of the molecule is CCC[C-]=O.[Na+]. The normalized spacial score (nSPS) is 6.17. The number of unbranched alkanes of at least 4 members (excludes halogenated alkanes) is 1. The predicted molar refractivity (Wildman–Crippen MR) is 20.6 cm³/mol. The van der Waals surface area contributed by atoms with Crippen LogP contribution in [0.4, 0.5) is 0 Å². The summed E-state index contributed by atoms with van der Waals surface area (Å²) < 4.78 is 0. The van der Waals surface area contributed by atoms with Gasteiger partial charge < -0.3 is 4.79 Å². The second kappa shape index (κ2) is 9.18. The third-order valence-corrected chi connectivity index (χ3v) is 0.352. The van der Waals surface area contributed by atoms with E-state index in [4.69, 9.17) is 0 Å². The minimum absolute atomic E-state index is 0. The fourth-order valence-electron chi connectivity index (χ4n) is 0.102. The molecular formula is C4H7NaO. The minimum Gasteiger partial charge on any atom is -0.542 e. The van der Waals surface area contributed by atoms with Crippen molar-refractivity contribution < 1.29 is 34.4 Å². The van der Waals surface area contributed by atoms with Crippen LogP contribution in [0, 0.1) is 0 Å². The Bertz CT molecular complexity index is 28.7. The van der Waals surface area contributed by atoms with E-state index in [1.807, 2.05) is 6.92 Å². The second-order valence-corrected chi connectivity index (χ2v) is 0.894. The van der Waals surface area contributed by atoms with Crippen molar-refractivity contribution in [2.24, 2.45) is 0 Å². The summed E-state index contributed by atoms with van der Waals surface area (Å²) in [7, 11) is 0. The Kier molecular flexibility index (Phi) is 15.0. The van der Waals surface area contributed by atoms with Gasteiger partial charge in [0, 0.05) is 0 Å². The van der Waals surface area contributed by atoms with E-state index in [0.717, 1.165) is 6.42 Å². The van der Waals surface area contributed by atoms with Crippen molar-refractivity contribution in [1.29, 1.82) is 0 Å². The van der Waals surface area contributed by atoms with Gasteiger partial charge in [0.25, 0.3) is 0 Å². The summed E-state index contributed by atoms with van der Waals surface area (Å²) in [5, 5.41) is 0. The van der Waals surface area contributed by atoms with Crippen LogP contribution in [0.1, 0.15) is 19.8 Å². The Hall–Kier alpha value is 0.670. The third kappa shape index (κ3) is 8.82. The van der Waals surface area contributed by atoms with Crippen molar-refractivity contribution in [3.8, 4) is 0 Å². The maximum atomic E-state index is 9.28. The van der Waals surface area contributed by atoms with Crippen molar-refractivity contribution in [3.63, 3.8) is 0 Å². The maximum absolute atomic E-state index is 9.28. The zero-order chi connectivity index (χ0) is 4.12. The van der Waals surface area contributed by atoms with Gasteiger partial charge in [-0.2, -0.15) is 6.42 Å². The largest absolute Gasteiger partial charge is 1.00 e. The first kappa shape index (κ1) is 9.83. The Balaban J connectivity index is 0. The minimum atomic E-state index is 0. The number of hydrogen-bond acceptors (Lipinski definition) is 1. The average Bonchev–Trinajstić information content (AvgIpc) is 1.41. The van der Waals surface area contributed by atoms with Crippen LogP contribution in [0.5, 0.6) is 0 Å². The summed E-state index contributed by atoms with van der Waals surface area (Å²) in [6.07, 6.45) is 3.27. The van der Waals surface area contributed by atoms with E-state index < -0.39 is 0 Å². The fourth-order valence-corrected chi connectivity index (χ4v) is 0.102. The van der Waals surface area contributed by atoms with Crippen molar-refractivity contribution in [2.75, 3.05) is 0 Å². The molecule has 0 unspecified atom stereocenters.